The lowest BCUT2D eigenvalue weighted by Gasteiger charge is -2.19. The van der Waals surface area contributed by atoms with E-state index in [-0.39, 0.29) is 5.75 Å². The molecule has 140 valence electrons. The minimum absolute atomic E-state index is 0.140. The summed E-state index contributed by atoms with van der Waals surface area (Å²) < 4.78 is 13.3. The second-order valence-electron chi connectivity index (χ2n) is 6.43. The number of fused-ring (bicyclic) bond motifs is 2. The Morgan fingerprint density at radius 2 is 1.89 bits per heavy atom. The van der Waals surface area contributed by atoms with Gasteiger partial charge >= 0.3 is 0 Å². The third-order valence-electron chi connectivity index (χ3n) is 4.73. The average Bonchev–Trinajstić information content (AvgIpc) is 3.12. The van der Waals surface area contributed by atoms with Gasteiger partial charge in [0.05, 0.1) is 11.3 Å². The second kappa shape index (κ2) is 6.45. The fraction of sp³-hybridized carbons (Fsp3) is 0.143. The molecule has 0 atom stereocenters. The molecule has 5 rings (SSSR count). The van der Waals surface area contributed by atoms with E-state index in [2.05, 4.69) is 10.3 Å². The van der Waals surface area contributed by atoms with E-state index >= 15 is 0 Å². The quantitative estimate of drug-likeness (QED) is 0.570. The van der Waals surface area contributed by atoms with Crippen LogP contribution in [0.4, 0.5) is 5.69 Å². The van der Waals surface area contributed by atoms with Crippen LogP contribution in [0.15, 0.2) is 54.7 Å². The van der Waals surface area contributed by atoms with Gasteiger partial charge in [-0.25, -0.2) is 9.97 Å². The normalized spacial score (nSPS) is 12.9. The zero-order chi connectivity index (χ0) is 19.1. The Morgan fingerprint density at radius 1 is 1.04 bits per heavy atom. The van der Waals surface area contributed by atoms with E-state index in [0.29, 0.717) is 36.0 Å². The standard InChI is InChI=1S/C21H18N4O3/c1-22-13-4-6-15(17(26)11-13)20-24-16-3-2-8-23-21(16)25(20)14-5-7-18-19(12-14)28-10-9-27-18/h2-8,11-12,22,26H,9-10H2,1H3. The predicted octanol–water partition coefficient (Wildman–Crippen LogP) is 3.61. The summed E-state index contributed by atoms with van der Waals surface area (Å²) in [6, 6.07) is 14.9. The minimum Gasteiger partial charge on any atom is -0.507 e. The third-order valence-corrected chi connectivity index (χ3v) is 4.73. The number of hydrogen-bond donors (Lipinski definition) is 2. The van der Waals surface area contributed by atoms with Gasteiger partial charge in [0, 0.05) is 31.1 Å². The van der Waals surface area contributed by atoms with Crippen molar-refractivity contribution >= 4 is 16.9 Å². The number of pyridine rings is 1. The molecule has 7 nitrogen and oxygen atoms in total. The van der Waals surface area contributed by atoms with Gasteiger partial charge in [-0.05, 0) is 36.4 Å². The van der Waals surface area contributed by atoms with Gasteiger partial charge in [0.25, 0.3) is 0 Å². The van der Waals surface area contributed by atoms with Gasteiger partial charge < -0.3 is 19.9 Å². The fourth-order valence-corrected chi connectivity index (χ4v) is 3.39. The summed E-state index contributed by atoms with van der Waals surface area (Å²) in [7, 11) is 1.81. The zero-order valence-corrected chi connectivity index (χ0v) is 15.2. The number of rotatable bonds is 3. The number of imidazole rings is 1. The molecule has 0 spiro atoms. The van der Waals surface area contributed by atoms with E-state index in [9.17, 15) is 5.11 Å². The first kappa shape index (κ1) is 16.4. The highest BCUT2D eigenvalue weighted by Gasteiger charge is 2.20. The molecule has 4 aromatic rings. The Hall–Kier alpha value is -3.74. The summed E-state index contributed by atoms with van der Waals surface area (Å²) in [5.74, 6) is 2.14. The number of phenolic OH excluding ortho intramolecular Hbond substituents is 1. The van der Waals surface area contributed by atoms with E-state index in [0.717, 1.165) is 22.6 Å². The van der Waals surface area contributed by atoms with Gasteiger partial charge in [0.1, 0.15) is 24.5 Å². The van der Waals surface area contributed by atoms with Gasteiger partial charge in [0.2, 0.25) is 0 Å². The topological polar surface area (TPSA) is 81.4 Å². The molecule has 2 aromatic heterocycles. The maximum absolute atomic E-state index is 10.6. The molecule has 3 heterocycles. The van der Waals surface area contributed by atoms with Crippen LogP contribution in [-0.2, 0) is 0 Å². The molecule has 2 aromatic carbocycles. The molecular formula is C21H18N4O3. The molecule has 0 saturated heterocycles. The van der Waals surface area contributed by atoms with Crippen molar-refractivity contribution < 1.29 is 14.6 Å². The summed E-state index contributed by atoms with van der Waals surface area (Å²) in [5.41, 5.74) is 3.71. The van der Waals surface area contributed by atoms with Crippen molar-refractivity contribution in [2.24, 2.45) is 0 Å². The number of hydrogen-bond acceptors (Lipinski definition) is 6. The molecule has 0 radical (unpaired) electrons. The maximum atomic E-state index is 10.6. The molecule has 0 amide bonds. The number of aromatic hydroxyl groups is 1. The molecule has 7 heteroatoms. The summed E-state index contributed by atoms with van der Waals surface area (Å²) in [6.45, 7) is 1.05. The first-order valence-electron chi connectivity index (χ1n) is 8.99. The molecule has 1 aliphatic heterocycles. The van der Waals surface area contributed by atoms with Crippen LogP contribution < -0.4 is 14.8 Å². The number of benzene rings is 2. The van der Waals surface area contributed by atoms with Crippen molar-refractivity contribution in [2.45, 2.75) is 0 Å². The van der Waals surface area contributed by atoms with Crippen LogP contribution in [0.1, 0.15) is 0 Å². The van der Waals surface area contributed by atoms with Crippen molar-refractivity contribution in [3.05, 3.63) is 54.7 Å². The SMILES string of the molecule is CNc1ccc(-c2nc3cccnc3n2-c2ccc3c(c2)OCCO3)c(O)c1. The summed E-state index contributed by atoms with van der Waals surface area (Å²) >= 11 is 0. The van der Waals surface area contributed by atoms with E-state index in [4.69, 9.17) is 14.5 Å². The molecule has 0 aliphatic carbocycles. The van der Waals surface area contributed by atoms with Crippen molar-refractivity contribution in [3.8, 4) is 34.3 Å². The first-order valence-corrected chi connectivity index (χ1v) is 8.99. The molecule has 0 unspecified atom stereocenters. The van der Waals surface area contributed by atoms with Crippen molar-refractivity contribution in [2.75, 3.05) is 25.6 Å². The highest BCUT2D eigenvalue weighted by Crippen LogP contribution is 2.37. The average molecular weight is 374 g/mol. The lowest BCUT2D eigenvalue weighted by atomic mass is 10.1. The Kier molecular flexibility index (Phi) is 3.79. The molecule has 1 aliphatic rings. The third kappa shape index (κ3) is 2.60. The second-order valence-corrected chi connectivity index (χ2v) is 6.43. The molecular weight excluding hydrogens is 356 g/mol. The largest absolute Gasteiger partial charge is 0.507 e. The number of ether oxygens (including phenoxy) is 2. The lowest BCUT2D eigenvalue weighted by molar-refractivity contribution is 0.171. The Balaban J connectivity index is 1.75. The number of anilines is 1. The lowest BCUT2D eigenvalue weighted by Crippen LogP contribution is -2.15. The zero-order valence-electron chi connectivity index (χ0n) is 15.2. The van der Waals surface area contributed by atoms with Crippen LogP contribution >= 0.6 is 0 Å². The Labute approximate surface area is 161 Å². The van der Waals surface area contributed by atoms with Crippen molar-refractivity contribution in [1.82, 2.24) is 14.5 Å². The number of phenols is 1. The number of aromatic nitrogens is 3. The summed E-state index contributed by atoms with van der Waals surface area (Å²) in [6.07, 6.45) is 1.73. The molecule has 28 heavy (non-hydrogen) atoms. The van der Waals surface area contributed by atoms with Crippen molar-refractivity contribution in [1.29, 1.82) is 0 Å². The van der Waals surface area contributed by atoms with Crippen LogP contribution in [0.25, 0.3) is 28.2 Å². The monoisotopic (exact) mass is 374 g/mol. The maximum Gasteiger partial charge on any atom is 0.164 e. The number of nitrogens with one attached hydrogen (secondary N) is 1. The van der Waals surface area contributed by atoms with Crippen LogP contribution in [0.5, 0.6) is 17.2 Å². The highest BCUT2D eigenvalue weighted by atomic mass is 16.6. The minimum atomic E-state index is 0.140. The summed E-state index contributed by atoms with van der Waals surface area (Å²) in [4.78, 5) is 9.25. The van der Waals surface area contributed by atoms with E-state index in [1.54, 1.807) is 12.3 Å². The molecule has 2 N–H and O–H groups in total. The van der Waals surface area contributed by atoms with Crippen LogP contribution in [0.3, 0.4) is 0 Å². The van der Waals surface area contributed by atoms with Gasteiger partial charge in [-0.1, -0.05) is 0 Å². The van der Waals surface area contributed by atoms with Gasteiger partial charge in [0.15, 0.2) is 23.0 Å². The number of nitrogens with zero attached hydrogens (tertiary/aromatic N) is 3. The van der Waals surface area contributed by atoms with E-state index in [1.807, 2.05) is 54.1 Å². The fourth-order valence-electron chi connectivity index (χ4n) is 3.39. The molecule has 0 bridgehead atoms. The van der Waals surface area contributed by atoms with Crippen LogP contribution in [0.2, 0.25) is 0 Å². The Morgan fingerprint density at radius 3 is 2.71 bits per heavy atom. The van der Waals surface area contributed by atoms with Crippen LogP contribution in [0, 0.1) is 0 Å². The van der Waals surface area contributed by atoms with Gasteiger partial charge in [-0.2, -0.15) is 0 Å². The van der Waals surface area contributed by atoms with Gasteiger partial charge in [-0.15, -0.1) is 0 Å². The van der Waals surface area contributed by atoms with Crippen LogP contribution in [-0.4, -0.2) is 39.9 Å². The first-order chi connectivity index (χ1) is 13.7. The highest BCUT2D eigenvalue weighted by molar-refractivity contribution is 5.82. The van der Waals surface area contributed by atoms with Crippen molar-refractivity contribution in [3.63, 3.8) is 0 Å². The summed E-state index contributed by atoms with van der Waals surface area (Å²) in [5, 5.41) is 13.6. The van der Waals surface area contributed by atoms with E-state index in [1.165, 1.54) is 0 Å². The Bertz CT molecular complexity index is 1190. The predicted molar refractivity (Wildman–Crippen MR) is 107 cm³/mol. The smallest absolute Gasteiger partial charge is 0.164 e. The van der Waals surface area contributed by atoms with E-state index < -0.39 is 0 Å². The molecule has 0 fully saturated rings. The molecule has 0 saturated carbocycles. The van der Waals surface area contributed by atoms with Gasteiger partial charge in [-0.3, -0.25) is 4.57 Å².